The zero-order chi connectivity index (χ0) is 14.4. The molecule has 1 N–H and O–H groups in total. The van der Waals surface area contributed by atoms with Gasteiger partial charge >= 0.3 is 0 Å². The normalized spacial score (nSPS) is 18.0. The van der Waals surface area contributed by atoms with E-state index in [-0.39, 0.29) is 24.9 Å². The molecule has 21 heavy (non-hydrogen) atoms. The Hall–Kier alpha value is -0.970. The zero-order valence-electron chi connectivity index (χ0n) is 12.2. The Morgan fingerprint density at radius 3 is 2.81 bits per heavy atom. The van der Waals surface area contributed by atoms with Crippen LogP contribution in [-0.4, -0.2) is 44.1 Å². The van der Waals surface area contributed by atoms with Gasteiger partial charge in [0.2, 0.25) is 0 Å². The molecule has 6 heteroatoms. The molecule has 0 bridgehead atoms. The summed E-state index contributed by atoms with van der Waals surface area (Å²) < 4.78 is 5.51. The number of amides is 1. The number of nitrogens with zero attached hydrogens (tertiary/aromatic N) is 1. The van der Waals surface area contributed by atoms with E-state index in [0.717, 1.165) is 26.1 Å². The lowest BCUT2D eigenvalue weighted by molar-refractivity contribution is -0.135. The molecular weight excluding hydrogens is 311 g/mol. The van der Waals surface area contributed by atoms with Crippen LogP contribution in [0.3, 0.4) is 0 Å². The van der Waals surface area contributed by atoms with Crippen molar-refractivity contribution in [2.45, 2.75) is 12.8 Å². The Balaban J connectivity index is 0.00000220. The van der Waals surface area contributed by atoms with Crippen LogP contribution in [-0.2, 0) is 4.79 Å². The molecule has 0 radical (unpaired) electrons. The Bertz CT molecular complexity index is 438. The lowest BCUT2D eigenvalue weighted by Crippen LogP contribution is -2.44. The maximum absolute atomic E-state index is 12.1. The number of halogens is 2. The highest BCUT2D eigenvalue weighted by Crippen LogP contribution is 2.17. The number of rotatable bonds is 5. The summed E-state index contributed by atoms with van der Waals surface area (Å²) in [5, 5.41) is 3.84. The first kappa shape index (κ1) is 18.1. The second-order valence-corrected chi connectivity index (χ2v) is 5.58. The van der Waals surface area contributed by atoms with E-state index in [9.17, 15) is 4.79 Å². The van der Waals surface area contributed by atoms with Crippen LogP contribution in [0.15, 0.2) is 24.3 Å². The fraction of sp³-hybridized carbons (Fsp3) is 0.533. The molecule has 1 heterocycles. The smallest absolute Gasteiger partial charge is 0.260 e. The van der Waals surface area contributed by atoms with E-state index in [4.69, 9.17) is 16.3 Å². The second-order valence-electron chi connectivity index (χ2n) is 5.15. The molecule has 1 fully saturated rings. The number of hydrogen-bond donors (Lipinski definition) is 1. The molecule has 1 unspecified atom stereocenters. The molecule has 0 saturated carbocycles. The Morgan fingerprint density at radius 2 is 2.14 bits per heavy atom. The van der Waals surface area contributed by atoms with E-state index >= 15 is 0 Å². The minimum absolute atomic E-state index is 0. The van der Waals surface area contributed by atoms with Crippen LogP contribution in [0.1, 0.15) is 12.8 Å². The van der Waals surface area contributed by atoms with Gasteiger partial charge in [0, 0.05) is 18.1 Å². The van der Waals surface area contributed by atoms with Gasteiger partial charge in [-0.05, 0) is 56.6 Å². The summed E-state index contributed by atoms with van der Waals surface area (Å²) in [5.74, 6) is 1.28. The van der Waals surface area contributed by atoms with Gasteiger partial charge in [-0.15, -0.1) is 12.4 Å². The molecule has 118 valence electrons. The van der Waals surface area contributed by atoms with E-state index < -0.39 is 0 Å². The number of nitrogens with one attached hydrogen (secondary N) is 1. The van der Waals surface area contributed by atoms with E-state index in [1.54, 1.807) is 24.3 Å². The third kappa shape index (κ3) is 5.73. The summed E-state index contributed by atoms with van der Waals surface area (Å²) in [7, 11) is 1.95. The van der Waals surface area contributed by atoms with Gasteiger partial charge in [0.05, 0.1) is 0 Å². The average Bonchev–Trinajstić information content (AvgIpc) is 2.47. The van der Waals surface area contributed by atoms with Crippen LogP contribution >= 0.6 is 24.0 Å². The maximum atomic E-state index is 12.1. The molecular formula is C15H22Cl2N2O2. The molecule has 1 aromatic carbocycles. The number of hydrogen-bond acceptors (Lipinski definition) is 3. The number of ether oxygens (including phenoxy) is 1. The number of carbonyl (C=O) groups excluding carboxylic acids is 1. The van der Waals surface area contributed by atoms with Gasteiger partial charge in [0.15, 0.2) is 6.61 Å². The minimum Gasteiger partial charge on any atom is -0.484 e. The molecule has 1 atom stereocenters. The van der Waals surface area contributed by atoms with Gasteiger partial charge in [-0.3, -0.25) is 4.79 Å². The largest absolute Gasteiger partial charge is 0.484 e. The highest BCUT2D eigenvalue weighted by Gasteiger charge is 2.23. The van der Waals surface area contributed by atoms with Crippen LogP contribution in [0.25, 0.3) is 0 Å². The van der Waals surface area contributed by atoms with E-state index in [1.165, 1.54) is 6.42 Å². The number of carbonyl (C=O) groups is 1. The standard InChI is InChI=1S/C15H21ClN2O2.ClH/c1-17-9-12-3-2-8-18(10-12)15(19)11-20-14-6-4-13(16)5-7-14;/h4-7,12,17H,2-3,8-11H2,1H3;1H. The highest BCUT2D eigenvalue weighted by atomic mass is 35.5. The van der Waals surface area contributed by atoms with Crippen molar-refractivity contribution in [3.8, 4) is 5.75 Å². The van der Waals surface area contributed by atoms with E-state index in [0.29, 0.717) is 16.7 Å². The summed E-state index contributed by atoms with van der Waals surface area (Å²) in [5.41, 5.74) is 0. The van der Waals surface area contributed by atoms with Gasteiger partial charge in [-0.1, -0.05) is 11.6 Å². The Morgan fingerprint density at radius 1 is 1.43 bits per heavy atom. The fourth-order valence-corrected chi connectivity index (χ4v) is 2.64. The number of benzene rings is 1. The van der Waals surface area contributed by atoms with Crippen LogP contribution in [0, 0.1) is 5.92 Å². The van der Waals surface area contributed by atoms with Crippen LogP contribution in [0.4, 0.5) is 0 Å². The van der Waals surface area contributed by atoms with Crippen molar-refractivity contribution in [1.82, 2.24) is 10.2 Å². The Labute approximate surface area is 137 Å². The van der Waals surface area contributed by atoms with Gasteiger partial charge in [0.25, 0.3) is 5.91 Å². The Kier molecular flexibility index (Phi) is 7.86. The lowest BCUT2D eigenvalue weighted by Gasteiger charge is -2.32. The first-order valence-electron chi connectivity index (χ1n) is 7.00. The predicted molar refractivity (Wildman–Crippen MR) is 87.4 cm³/mol. The fourth-order valence-electron chi connectivity index (χ4n) is 2.51. The molecule has 1 saturated heterocycles. The maximum Gasteiger partial charge on any atom is 0.260 e. The summed E-state index contributed by atoms with van der Waals surface area (Å²) >= 11 is 5.81. The molecule has 1 aliphatic heterocycles. The molecule has 1 aromatic rings. The SMILES string of the molecule is CNCC1CCCN(C(=O)COc2ccc(Cl)cc2)C1.Cl. The van der Waals surface area contributed by atoms with Crippen LogP contribution in [0.5, 0.6) is 5.75 Å². The zero-order valence-corrected chi connectivity index (χ0v) is 13.8. The third-order valence-corrected chi connectivity index (χ3v) is 3.79. The molecule has 0 aliphatic carbocycles. The molecule has 2 rings (SSSR count). The van der Waals surface area contributed by atoms with Crippen molar-refractivity contribution in [2.75, 3.05) is 33.3 Å². The molecule has 4 nitrogen and oxygen atoms in total. The minimum atomic E-state index is 0. The molecule has 0 spiro atoms. The number of likely N-dealkylation sites (tertiary alicyclic amines) is 1. The van der Waals surface area contributed by atoms with Gasteiger partial charge in [-0.25, -0.2) is 0 Å². The summed E-state index contributed by atoms with van der Waals surface area (Å²) in [4.78, 5) is 14.0. The topological polar surface area (TPSA) is 41.6 Å². The lowest BCUT2D eigenvalue weighted by atomic mass is 9.98. The van der Waals surface area contributed by atoms with Crippen LogP contribution < -0.4 is 10.1 Å². The number of piperidine rings is 1. The highest BCUT2D eigenvalue weighted by molar-refractivity contribution is 6.30. The molecule has 1 aliphatic rings. The second kappa shape index (κ2) is 9.13. The van der Waals surface area contributed by atoms with Crippen molar-refractivity contribution in [2.24, 2.45) is 5.92 Å². The molecule has 1 amide bonds. The van der Waals surface area contributed by atoms with Crippen molar-refractivity contribution >= 4 is 29.9 Å². The predicted octanol–water partition coefficient (Wildman–Crippen LogP) is 2.60. The quantitative estimate of drug-likeness (QED) is 0.901. The monoisotopic (exact) mass is 332 g/mol. The summed E-state index contributed by atoms with van der Waals surface area (Å²) in [6.07, 6.45) is 2.25. The van der Waals surface area contributed by atoms with Crippen molar-refractivity contribution < 1.29 is 9.53 Å². The van der Waals surface area contributed by atoms with E-state index in [1.807, 2.05) is 11.9 Å². The third-order valence-electron chi connectivity index (χ3n) is 3.54. The van der Waals surface area contributed by atoms with Crippen molar-refractivity contribution in [3.05, 3.63) is 29.3 Å². The first-order chi connectivity index (χ1) is 9.69. The summed E-state index contributed by atoms with van der Waals surface area (Å²) in [6.45, 7) is 2.71. The van der Waals surface area contributed by atoms with E-state index in [2.05, 4.69) is 5.32 Å². The average molecular weight is 333 g/mol. The van der Waals surface area contributed by atoms with Crippen molar-refractivity contribution in [3.63, 3.8) is 0 Å². The van der Waals surface area contributed by atoms with Gasteiger partial charge < -0.3 is 15.0 Å². The van der Waals surface area contributed by atoms with Gasteiger partial charge in [0.1, 0.15) is 5.75 Å². The van der Waals surface area contributed by atoms with Crippen LogP contribution in [0.2, 0.25) is 5.02 Å². The first-order valence-corrected chi connectivity index (χ1v) is 7.37. The van der Waals surface area contributed by atoms with Crippen molar-refractivity contribution in [1.29, 1.82) is 0 Å². The molecule has 0 aromatic heterocycles. The van der Waals surface area contributed by atoms with Gasteiger partial charge in [-0.2, -0.15) is 0 Å². The summed E-state index contributed by atoms with van der Waals surface area (Å²) in [6, 6.07) is 7.06.